The van der Waals surface area contributed by atoms with Gasteiger partial charge in [0.05, 0.1) is 22.4 Å². The number of rotatable bonds is 15. The molecule has 0 fully saturated rings. The minimum Gasteiger partial charge on any atom is -0.324 e. The first kappa shape index (κ1) is 27.8. The Morgan fingerprint density at radius 3 is 2.51 bits per heavy atom. The molecular weight excluding hydrogens is 475 g/mol. The fourth-order valence-electron chi connectivity index (χ4n) is 4.34. The van der Waals surface area contributed by atoms with Gasteiger partial charge in [0, 0.05) is 12.1 Å². The molecule has 1 aromatic carbocycles. The van der Waals surface area contributed by atoms with Crippen molar-refractivity contribution in [1.29, 1.82) is 0 Å². The van der Waals surface area contributed by atoms with Crippen molar-refractivity contribution in [3.05, 3.63) is 64.7 Å². The van der Waals surface area contributed by atoms with E-state index in [9.17, 15) is 4.57 Å². The van der Waals surface area contributed by atoms with Crippen LogP contribution in [0.4, 0.5) is 0 Å². The van der Waals surface area contributed by atoms with Gasteiger partial charge in [0.1, 0.15) is 0 Å². The summed E-state index contributed by atoms with van der Waals surface area (Å²) in [6.45, 7) is 5.61. The molecule has 0 amide bonds. The lowest BCUT2D eigenvalue weighted by atomic mass is 9.93. The second kappa shape index (κ2) is 14.1. The number of hydrogen-bond acceptors (Lipinski definition) is 4. The Morgan fingerprint density at radius 1 is 0.943 bits per heavy atom. The van der Waals surface area contributed by atoms with Crippen LogP contribution in [-0.4, -0.2) is 27.5 Å². The van der Waals surface area contributed by atoms with Crippen LogP contribution < -0.4 is 5.32 Å². The molecular formula is C28H39N2O3PS. The molecule has 0 atom stereocenters. The highest BCUT2D eigenvalue weighted by molar-refractivity contribution is 7.51. The summed E-state index contributed by atoms with van der Waals surface area (Å²) in [5, 5.41) is 5.34. The maximum absolute atomic E-state index is 11.0. The van der Waals surface area contributed by atoms with Gasteiger partial charge in [-0.2, -0.15) is 0 Å². The standard InChI is InChI=1S/C28H39N2O3PS/c1-3-5-6-7-11-22-13-14-24(20-23(22)10-4-2)26-16-15-25(21-29-17-9-18-34(31,32)33)30-28(26)27-12-8-19-35-27/h8,12-16,19-20,29H,3-7,9-11,17-18,21H2,1-2H3,(H2,31,32,33). The van der Waals surface area contributed by atoms with Crippen molar-refractivity contribution in [2.24, 2.45) is 0 Å². The summed E-state index contributed by atoms with van der Waals surface area (Å²) < 4.78 is 11.0. The highest BCUT2D eigenvalue weighted by atomic mass is 32.1. The molecule has 7 heteroatoms. The molecule has 5 nitrogen and oxygen atoms in total. The largest absolute Gasteiger partial charge is 0.325 e. The molecule has 0 radical (unpaired) electrons. The van der Waals surface area contributed by atoms with E-state index in [1.54, 1.807) is 11.3 Å². The van der Waals surface area contributed by atoms with Crippen molar-refractivity contribution < 1.29 is 14.4 Å². The van der Waals surface area contributed by atoms with E-state index in [2.05, 4.69) is 67.0 Å². The van der Waals surface area contributed by atoms with Gasteiger partial charge in [0.25, 0.3) is 0 Å². The number of unbranched alkanes of at least 4 members (excludes halogenated alkanes) is 3. The van der Waals surface area contributed by atoms with Gasteiger partial charge in [-0.3, -0.25) is 4.57 Å². The van der Waals surface area contributed by atoms with Gasteiger partial charge in [0.2, 0.25) is 0 Å². The lowest BCUT2D eigenvalue weighted by Gasteiger charge is -2.15. The molecule has 3 N–H and O–H groups in total. The van der Waals surface area contributed by atoms with E-state index in [1.807, 2.05) is 0 Å². The molecule has 3 aromatic rings. The third-order valence-electron chi connectivity index (χ3n) is 6.15. The smallest absolute Gasteiger partial charge is 0.324 e. The highest BCUT2D eigenvalue weighted by Gasteiger charge is 2.14. The van der Waals surface area contributed by atoms with Crippen molar-refractivity contribution >= 4 is 18.9 Å². The summed E-state index contributed by atoms with van der Waals surface area (Å²) in [7, 11) is -3.94. The monoisotopic (exact) mass is 514 g/mol. The maximum atomic E-state index is 11.0. The summed E-state index contributed by atoms with van der Waals surface area (Å²) in [4.78, 5) is 24.2. The lowest BCUT2D eigenvalue weighted by Crippen LogP contribution is -2.16. The van der Waals surface area contributed by atoms with Crippen LogP contribution in [0.5, 0.6) is 0 Å². The van der Waals surface area contributed by atoms with E-state index in [-0.39, 0.29) is 6.16 Å². The van der Waals surface area contributed by atoms with E-state index in [4.69, 9.17) is 14.8 Å². The summed E-state index contributed by atoms with van der Waals surface area (Å²) in [5.41, 5.74) is 7.21. The van der Waals surface area contributed by atoms with Gasteiger partial charge >= 0.3 is 7.60 Å². The highest BCUT2D eigenvalue weighted by Crippen LogP contribution is 2.35. The normalized spacial score (nSPS) is 11.8. The molecule has 0 aliphatic carbocycles. The number of nitrogens with one attached hydrogen (secondary N) is 1. The maximum Gasteiger partial charge on any atom is 0.325 e. The Bertz CT molecular complexity index is 1100. The van der Waals surface area contributed by atoms with E-state index in [0.717, 1.165) is 41.1 Å². The van der Waals surface area contributed by atoms with Crippen LogP contribution in [-0.2, 0) is 24.0 Å². The number of pyridine rings is 1. The van der Waals surface area contributed by atoms with Crippen molar-refractivity contribution in [2.75, 3.05) is 12.7 Å². The van der Waals surface area contributed by atoms with Crippen molar-refractivity contribution in [3.63, 3.8) is 0 Å². The molecule has 0 bridgehead atoms. The molecule has 0 saturated heterocycles. The first-order chi connectivity index (χ1) is 16.9. The minimum atomic E-state index is -3.94. The van der Waals surface area contributed by atoms with Crippen molar-refractivity contribution in [2.45, 2.75) is 71.8 Å². The molecule has 0 unspecified atom stereocenters. The molecule has 2 aromatic heterocycles. The molecule has 0 aliphatic heterocycles. The van der Waals surface area contributed by atoms with E-state index in [0.29, 0.717) is 19.5 Å². The Hall–Kier alpha value is -1.82. The lowest BCUT2D eigenvalue weighted by molar-refractivity contribution is 0.371. The summed E-state index contributed by atoms with van der Waals surface area (Å²) in [6.07, 6.45) is 8.83. The zero-order chi connectivity index (χ0) is 25.1. The average molecular weight is 515 g/mol. The number of hydrogen-bond donors (Lipinski definition) is 3. The first-order valence-corrected chi connectivity index (χ1v) is 15.5. The summed E-state index contributed by atoms with van der Waals surface area (Å²) >= 11 is 1.69. The Morgan fingerprint density at radius 2 is 1.80 bits per heavy atom. The second-order valence-electron chi connectivity index (χ2n) is 9.14. The van der Waals surface area contributed by atoms with Crippen LogP contribution >= 0.6 is 18.9 Å². The van der Waals surface area contributed by atoms with Gasteiger partial charge in [-0.1, -0.05) is 69.9 Å². The molecule has 2 heterocycles. The number of aromatic nitrogens is 1. The number of benzene rings is 1. The third-order valence-corrected chi connectivity index (χ3v) is 7.93. The van der Waals surface area contributed by atoms with E-state index < -0.39 is 7.60 Å². The van der Waals surface area contributed by atoms with Crippen LogP contribution in [0, 0.1) is 0 Å². The molecule has 190 valence electrons. The van der Waals surface area contributed by atoms with Crippen LogP contribution in [0.15, 0.2) is 47.8 Å². The second-order valence-corrected chi connectivity index (χ2v) is 11.9. The topological polar surface area (TPSA) is 82.5 Å². The van der Waals surface area contributed by atoms with Gasteiger partial charge in [-0.25, -0.2) is 4.98 Å². The summed E-state index contributed by atoms with van der Waals surface area (Å²) in [6, 6.07) is 15.3. The minimum absolute atomic E-state index is 0.0957. The first-order valence-electron chi connectivity index (χ1n) is 12.8. The van der Waals surface area contributed by atoms with Gasteiger partial charge in [-0.05, 0) is 66.4 Å². The zero-order valence-electron chi connectivity index (χ0n) is 21.0. The third kappa shape index (κ3) is 8.96. The average Bonchev–Trinajstić information content (AvgIpc) is 3.37. The van der Waals surface area contributed by atoms with Crippen LogP contribution in [0.25, 0.3) is 21.7 Å². The van der Waals surface area contributed by atoms with Gasteiger partial charge < -0.3 is 15.1 Å². The molecule has 3 rings (SSSR count). The molecule has 0 saturated carbocycles. The Balaban J connectivity index is 1.81. The number of thiophene rings is 1. The van der Waals surface area contributed by atoms with Crippen LogP contribution in [0.3, 0.4) is 0 Å². The number of nitrogens with zero attached hydrogens (tertiary/aromatic N) is 1. The van der Waals surface area contributed by atoms with E-state index in [1.165, 1.54) is 42.4 Å². The van der Waals surface area contributed by atoms with Gasteiger partial charge in [-0.15, -0.1) is 11.3 Å². The Kier molecular flexibility index (Phi) is 11.1. The predicted octanol–water partition coefficient (Wildman–Crippen LogP) is 7.21. The number of aryl methyl sites for hydroxylation is 2. The van der Waals surface area contributed by atoms with Gasteiger partial charge in [0.15, 0.2) is 0 Å². The van der Waals surface area contributed by atoms with Crippen LogP contribution in [0.2, 0.25) is 0 Å². The van der Waals surface area contributed by atoms with Crippen molar-refractivity contribution in [3.8, 4) is 21.7 Å². The predicted molar refractivity (Wildman–Crippen MR) is 148 cm³/mol. The Labute approximate surface area is 214 Å². The molecule has 35 heavy (non-hydrogen) atoms. The zero-order valence-corrected chi connectivity index (χ0v) is 22.7. The fourth-order valence-corrected chi connectivity index (χ4v) is 5.64. The molecule has 0 aliphatic rings. The quantitative estimate of drug-likeness (QED) is 0.147. The SMILES string of the molecule is CCCCCCc1ccc(-c2ccc(CNCCCP(=O)(O)O)nc2-c2cccs2)cc1CCC. The fraction of sp³-hybridized carbons (Fsp3) is 0.464. The van der Waals surface area contributed by atoms with Crippen molar-refractivity contribution in [1.82, 2.24) is 10.3 Å². The van der Waals surface area contributed by atoms with E-state index >= 15 is 0 Å². The van der Waals surface area contributed by atoms with Crippen LogP contribution in [0.1, 0.15) is 69.2 Å². The molecule has 0 spiro atoms. The summed E-state index contributed by atoms with van der Waals surface area (Å²) in [5.74, 6) is 0.